The summed E-state index contributed by atoms with van der Waals surface area (Å²) in [6.45, 7) is 1.36. The fourth-order valence-electron chi connectivity index (χ4n) is 1.63. The van der Waals surface area contributed by atoms with Crippen molar-refractivity contribution in [3.05, 3.63) is 63.4 Å². The molecule has 124 valence electrons. The van der Waals surface area contributed by atoms with Gasteiger partial charge in [-0.2, -0.15) is 0 Å². The minimum absolute atomic E-state index is 0. The molecule has 24 heavy (non-hydrogen) atoms. The summed E-state index contributed by atoms with van der Waals surface area (Å²) in [6.07, 6.45) is 0. The summed E-state index contributed by atoms with van der Waals surface area (Å²) < 4.78 is 106. The van der Waals surface area contributed by atoms with Crippen molar-refractivity contribution in [2.45, 2.75) is 11.8 Å². The molecular formula is C13H6F6KNO2S. The van der Waals surface area contributed by atoms with E-state index in [0.717, 1.165) is 12.1 Å². The van der Waals surface area contributed by atoms with Gasteiger partial charge in [-0.05, 0) is 18.6 Å². The topological polar surface area (TPSA) is 48.2 Å². The summed E-state index contributed by atoms with van der Waals surface area (Å²) >= 11 is 0. The number of halogens is 6. The molecular weight excluding hydrogens is 387 g/mol. The summed E-state index contributed by atoms with van der Waals surface area (Å²) in [5.41, 5.74) is -0.436. The molecule has 3 nitrogen and oxygen atoms in total. The Morgan fingerprint density at radius 3 is 1.75 bits per heavy atom. The first-order valence-corrected chi connectivity index (χ1v) is 7.26. The second-order valence-corrected chi connectivity index (χ2v) is 5.94. The van der Waals surface area contributed by atoms with Crippen LogP contribution in [-0.2, 0) is 10.0 Å². The molecule has 0 aliphatic carbocycles. The SMILES string of the molecule is Cc1ccc([N-]S(=O)(=O)c2c(F)c(F)c(F)c(F)c2F)cc1F.[K+]. The summed E-state index contributed by atoms with van der Waals surface area (Å²) in [4.78, 5) is -2.10. The maximum Gasteiger partial charge on any atom is 1.00 e. The third kappa shape index (κ3) is 3.97. The number of hydrogen-bond donors (Lipinski definition) is 0. The molecule has 0 aliphatic heterocycles. The molecule has 0 radical (unpaired) electrons. The standard InChI is InChI=1S/C13H6F6NO2S.K/c1-5-2-3-6(4-7(5)14)20-23(21,22)13-11(18)9(16)8(15)10(17)12(13)19;/h2-4H,1H3;/q-1;+1. The van der Waals surface area contributed by atoms with Gasteiger partial charge < -0.3 is 4.72 Å². The summed E-state index contributed by atoms with van der Waals surface area (Å²) in [5.74, 6) is -13.3. The van der Waals surface area contributed by atoms with Crippen LogP contribution in [0.2, 0.25) is 0 Å². The molecule has 2 aromatic carbocycles. The van der Waals surface area contributed by atoms with Gasteiger partial charge in [-0.3, -0.25) is 0 Å². The van der Waals surface area contributed by atoms with Gasteiger partial charge in [0.05, 0.1) is 0 Å². The zero-order chi connectivity index (χ0) is 17.5. The molecule has 0 aromatic heterocycles. The minimum atomic E-state index is -5.30. The fourth-order valence-corrected chi connectivity index (χ4v) is 2.75. The Morgan fingerprint density at radius 1 is 0.833 bits per heavy atom. The zero-order valence-corrected chi connectivity index (χ0v) is 16.1. The number of aryl methyl sites for hydroxylation is 1. The summed E-state index contributed by atoms with van der Waals surface area (Å²) in [7, 11) is -5.30. The molecule has 0 unspecified atom stereocenters. The molecule has 0 spiro atoms. The van der Waals surface area contributed by atoms with E-state index < -0.39 is 55.5 Å². The van der Waals surface area contributed by atoms with Gasteiger partial charge >= 0.3 is 51.4 Å². The third-order valence-electron chi connectivity index (χ3n) is 2.81. The van der Waals surface area contributed by atoms with Gasteiger partial charge in [-0.1, -0.05) is 12.1 Å². The average molecular weight is 393 g/mol. The van der Waals surface area contributed by atoms with Crippen molar-refractivity contribution in [2.75, 3.05) is 0 Å². The van der Waals surface area contributed by atoms with Gasteiger partial charge in [-0.15, -0.1) is 5.69 Å². The van der Waals surface area contributed by atoms with Crippen LogP contribution in [0.15, 0.2) is 23.1 Å². The molecule has 0 atom stereocenters. The summed E-state index contributed by atoms with van der Waals surface area (Å²) in [5, 5.41) is 0. The van der Waals surface area contributed by atoms with Crippen molar-refractivity contribution in [3.63, 3.8) is 0 Å². The van der Waals surface area contributed by atoms with Gasteiger partial charge in [0.2, 0.25) is 5.82 Å². The van der Waals surface area contributed by atoms with E-state index in [0.29, 0.717) is 6.07 Å². The first-order chi connectivity index (χ1) is 10.6. The van der Waals surface area contributed by atoms with Crippen molar-refractivity contribution in [3.8, 4) is 0 Å². The maximum absolute atomic E-state index is 13.5. The van der Waals surface area contributed by atoms with Crippen molar-refractivity contribution < 1.29 is 86.1 Å². The molecule has 2 aromatic rings. The molecule has 0 aliphatic rings. The van der Waals surface area contributed by atoms with Gasteiger partial charge in [0, 0.05) is 0 Å². The van der Waals surface area contributed by atoms with E-state index in [1.165, 1.54) is 6.92 Å². The first-order valence-electron chi connectivity index (χ1n) is 5.82. The number of benzene rings is 2. The van der Waals surface area contributed by atoms with Crippen molar-refractivity contribution in [1.29, 1.82) is 0 Å². The van der Waals surface area contributed by atoms with Gasteiger partial charge in [0.15, 0.2) is 23.3 Å². The van der Waals surface area contributed by atoms with Crippen LogP contribution in [0, 0.1) is 41.8 Å². The van der Waals surface area contributed by atoms with Crippen molar-refractivity contribution in [2.24, 2.45) is 0 Å². The van der Waals surface area contributed by atoms with Gasteiger partial charge in [-0.25, -0.2) is 34.8 Å². The average Bonchev–Trinajstić information content (AvgIpc) is 2.46. The zero-order valence-electron chi connectivity index (χ0n) is 12.2. The van der Waals surface area contributed by atoms with Crippen LogP contribution in [0.25, 0.3) is 4.72 Å². The fraction of sp³-hybridized carbons (Fsp3) is 0.0769. The molecule has 0 N–H and O–H groups in total. The molecule has 0 heterocycles. The first kappa shape index (κ1) is 21.4. The Bertz CT molecular complexity index is 875. The largest absolute Gasteiger partial charge is 1.00 e. The molecule has 11 heteroatoms. The van der Waals surface area contributed by atoms with Crippen LogP contribution in [0.3, 0.4) is 0 Å². The van der Waals surface area contributed by atoms with Crippen LogP contribution in [0.5, 0.6) is 0 Å². The Labute approximate surface area is 175 Å². The minimum Gasteiger partial charge on any atom is -0.572 e. The molecule has 0 saturated carbocycles. The van der Waals surface area contributed by atoms with E-state index >= 15 is 0 Å². The van der Waals surface area contributed by atoms with E-state index in [9.17, 15) is 34.8 Å². The number of sulfonamides is 1. The van der Waals surface area contributed by atoms with E-state index in [4.69, 9.17) is 0 Å². The number of rotatable bonds is 3. The predicted molar refractivity (Wildman–Crippen MR) is 67.6 cm³/mol. The van der Waals surface area contributed by atoms with E-state index in [2.05, 4.69) is 4.72 Å². The van der Waals surface area contributed by atoms with Crippen molar-refractivity contribution in [1.82, 2.24) is 0 Å². The monoisotopic (exact) mass is 393 g/mol. The van der Waals surface area contributed by atoms with Crippen LogP contribution >= 0.6 is 0 Å². The number of hydrogen-bond acceptors (Lipinski definition) is 2. The maximum atomic E-state index is 13.5. The second kappa shape index (κ2) is 7.75. The van der Waals surface area contributed by atoms with Crippen LogP contribution in [0.1, 0.15) is 5.56 Å². The summed E-state index contributed by atoms with van der Waals surface area (Å²) in [6, 6.07) is 2.77. The van der Waals surface area contributed by atoms with E-state index in [1.54, 1.807) is 0 Å². The van der Waals surface area contributed by atoms with Crippen LogP contribution in [0.4, 0.5) is 32.0 Å². The Balaban J connectivity index is 0.00000288. The molecule has 0 fully saturated rings. The third-order valence-corrected chi connectivity index (χ3v) is 4.13. The molecule has 2 rings (SSSR count). The normalized spacial score (nSPS) is 11.1. The Morgan fingerprint density at radius 2 is 1.29 bits per heavy atom. The van der Waals surface area contributed by atoms with Crippen LogP contribution < -0.4 is 51.4 Å². The van der Waals surface area contributed by atoms with Gasteiger partial charge in [0.25, 0.3) is 0 Å². The van der Waals surface area contributed by atoms with Crippen molar-refractivity contribution >= 4 is 15.7 Å². The van der Waals surface area contributed by atoms with Crippen LogP contribution in [-0.4, -0.2) is 8.42 Å². The molecule has 0 saturated heterocycles. The second-order valence-electron chi connectivity index (χ2n) is 4.40. The number of nitrogens with zero attached hydrogens (tertiary/aromatic N) is 1. The predicted octanol–water partition coefficient (Wildman–Crippen LogP) is 1.23. The smallest absolute Gasteiger partial charge is 0.572 e. The Kier molecular flexibility index (Phi) is 6.92. The quantitative estimate of drug-likeness (QED) is 0.341. The molecule has 0 amide bonds. The van der Waals surface area contributed by atoms with Gasteiger partial charge in [0.1, 0.15) is 20.7 Å². The van der Waals surface area contributed by atoms with E-state index in [-0.39, 0.29) is 56.9 Å². The Hall–Kier alpha value is -0.594. The van der Waals surface area contributed by atoms with E-state index in [1.807, 2.05) is 0 Å². The molecule has 0 bridgehead atoms.